The van der Waals surface area contributed by atoms with Crippen LogP contribution in [0.2, 0.25) is 0 Å². The summed E-state index contributed by atoms with van der Waals surface area (Å²) < 4.78 is 0. The number of aromatic nitrogens is 1. The first-order chi connectivity index (χ1) is 8.25. The smallest absolute Gasteiger partial charge is 0.295 e. The second kappa shape index (κ2) is 3.69. The molecule has 1 saturated carbocycles. The summed E-state index contributed by atoms with van der Waals surface area (Å²) in [6.45, 7) is 0. The fourth-order valence-corrected chi connectivity index (χ4v) is 1.88. The average molecular weight is 229 g/mol. The van der Waals surface area contributed by atoms with E-state index in [0.29, 0.717) is 11.6 Å². The van der Waals surface area contributed by atoms with E-state index in [0.717, 1.165) is 11.1 Å². The lowest BCUT2D eigenvalue weighted by Gasteiger charge is -2.07. The lowest BCUT2D eigenvalue weighted by molar-refractivity contribution is -0.383. The number of pyridine rings is 1. The molecule has 0 aliphatic heterocycles. The van der Waals surface area contributed by atoms with Gasteiger partial charge in [0.25, 0.3) is 5.69 Å². The lowest BCUT2D eigenvalue weighted by atomic mass is 10.1. The zero-order valence-electron chi connectivity index (χ0n) is 9.09. The molecule has 1 aromatic carbocycles. The number of benzene rings is 1. The van der Waals surface area contributed by atoms with Gasteiger partial charge in [-0.05, 0) is 18.9 Å². The van der Waals surface area contributed by atoms with Gasteiger partial charge in [0.1, 0.15) is 5.52 Å². The van der Waals surface area contributed by atoms with Crippen LogP contribution in [0.25, 0.3) is 10.9 Å². The number of rotatable bonds is 3. The summed E-state index contributed by atoms with van der Waals surface area (Å²) in [6.07, 6.45) is 3.94. The summed E-state index contributed by atoms with van der Waals surface area (Å²) in [4.78, 5) is 14.6. The van der Waals surface area contributed by atoms with Crippen molar-refractivity contribution in [3.05, 3.63) is 40.6 Å². The summed E-state index contributed by atoms with van der Waals surface area (Å²) in [6, 6.07) is 7.42. The number of nitro benzene ring substituents is 1. The van der Waals surface area contributed by atoms with Gasteiger partial charge in [-0.25, -0.2) is 4.98 Å². The molecule has 5 heteroatoms. The molecule has 0 saturated heterocycles. The van der Waals surface area contributed by atoms with Gasteiger partial charge in [-0.3, -0.25) is 10.1 Å². The van der Waals surface area contributed by atoms with Crippen LogP contribution in [0.1, 0.15) is 12.8 Å². The predicted octanol–water partition coefficient (Wildman–Crippen LogP) is 2.72. The van der Waals surface area contributed by atoms with E-state index in [-0.39, 0.29) is 5.69 Å². The van der Waals surface area contributed by atoms with Gasteiger partial charge in [-0.2, -0.15) is 0 Å². The Morgan fingerprint density at radius 1 is 1.35 bits per heavy atom. The molecule has 0 unspecified atom stereocenters. The van der Waals surface area contributed by atoms with E-state index in [1.54, 1.807) is 12.3 Å². The highest BCUT2D eigenvalue weighted by molar-refractivity contribution is 5.96. The Balaban J connectivity index is 2.17. The molecular weight excluding hydrogens is 218 g/mol. The minimum atomic E-state index is -0.393. The van der Waals surface area contributed by atoms with E-state index in [1.807, 2.05) is 12.1 Å². The molecule has 1 heterocycles. The molecule has 0 amide bonds. The number of para-hydroxylation sites is 1. The Hall–Kier alpha value is -2.17. The molecule has 2 aromatic rings. The first kappa shape index (κ1) is 10.0. The summed E-state index contributed by atoms with van der Waals surface area (Å²) in [5.41, 5.74) is 1.44. The Labute approximate surface area is 97.6 Å². The van der Waals surface area contributed by atoms with Crippen molar-refractivity contribution in [2.75, 3.05) is 5.32 Å². The van der Waals surface area contributed by atoms with E-state index in [9.17, 15) is 10.1 Å². The third-order valence-electron chi connectivity index (χ3n) is 2.88. The minimum Gasteiger partial charge on any atom is -0.382 e. The van der Waals surface area contributed by atoms with Crippen molar-refractivity contribution >= 4 is 22.3 Å². The largest absolute Gasteiger partial charge is 0.382 e. The van der Waals surface area contributed by atoms with Crippen molar-refractivity contribution in [3.63, 3.8) is 0 Å². The molecule has 0 atom stereocenters. The van der Waals surface area contributed by atoms with Gasteiger partial charge in [0.15, 0.2) is 0 Å². The highest BCUT2D eigenvalue weighted by Gasteiger charge is 2.22. The van der Waals surface area contributed by atoms with Crippen LogP contribution < -0.4 is 5.32 Å². The van der Waals surface area contributed by atoms with Crippen LogP contribution in [-0.4, -0.2) is 15.9 Å². The van der Waals surface area contributed by atoms with E-state index >= 15 is 0 Å². The number of nitrogens with zero attached hydrogens (tertiary/aromatic N) is 2. The van der Waals surface area contributed by atoms with Crippen LogP contribution in [0.3, 0.4) is 0 Å². The maximum Gasteiger partial charge on any atom is 0.295 e. The number of hydrogen-bond donors (Lipinski definition) is 1. The summed E-state index contributed by atoms with van der Waals surface area (Å²) in [5.74, 6) is 0. The van der Waals surface area contributed by atoms with Gasteiger partial charge < -0.3 is 5.32 Å². The fraction of sp³-hybridized carbons (Fsp3) is 0.250. The molecule has 5 nitrogen and oxygen atoms in total. The van der Waals surface area contributed by atoms with Gasteiger partial charge in [-0.15, -0.1) is 0 Å². The maximum atomic E-state index is 10.9. The van der Waals surface area contributed by atoms with Gasteiger partial charge in [0, 0.05) is 29.4 Å². The van der Waals surface area contributed by atoms with E-state index in [1.165, 1.54) is 18.9 Å². The normalized spacial score (nSPS) is 14.8. The molecule has 0 spiro atoms. The topological polar surface area (TPSA) is 68.1 Å². The molecule has 17 heavy (non-hydrogen) atoms. The van der Waals surface area contributed by atoms with E-state index < -0.39 is 4.92 Å². The van der Waals surface area contributed by atoms with Crippen LogP contribution in [0.4, 0.5) is 11.4 Å². The Kier molecular flexibility index (Phi) is 2.18. The third kappa shape index (κ3) is 1.80. The zero-order valence-corrected chi connectivity index (χ0v) is 9.09. The molecule has 1 fully saturated rings. The Morgan fingerprint density at radius 2 is 2.18 bits per heavy atom. The standard InChI is InChI=1S/C12H11N3O2/c16-15(17)11-3-1-2-9-10(14-8-4-5-8)6-7-13-12(9)11/h1-3,6-8H,4-5H2,(H,13,14). The Bertz CT molecular complexity index is 593. The molecule has 1 aliphatic carbocycles. The molecule has 1 aromatic heterocycles. The second-order valence-electron chi connectivity index (χ2n) is 4.21. The van der Waals surface area contributed by atoms with Crippen molar-refractivity contribution in [1.82, 2.24) is 4.98 Å². The number of nitro groups is 1. The molecular formula is C12H11N3O2. The second-order valence-corrected chi connectivity index (χ2v) is 4.21. The maximum absolute atomic E-state index is 10.9. The average Bonchev–Trinajstić information content (AvgIpc) is 3.12. The molecule has 0 bridgehead atoms. The molecule has 1 aliphatic rings. The van der Waals surface area contributed by atoms with Crippen molar-refractivity contribution in [2.45, 2.75) is 18.9 Å². The van der Waals surface area contributed by atoms with Crippen LogP contribution in [0.15, 0.2) is 30.5 Å². The number of fused-ring (bicyclic) bond motifs is 1. The van der Waals surface area contributed by atoms with E-state index in [4.69, 9.17) is 0 Å². The van der Waals surface area contributed by atoms with Gasteiger partial charge in [0.05, 0.1) is 4.92 Å². The van der Waals surface area contributed by atoms with Gasteiger partial charge in [-0.1, -0.05) is 12.1 Å². The van der Waals surface area contributed by atoms with Crippen molar-refractivity contribution in [2.24, 2.45) is 0 Å². The first-order valence-corrected chi connectivity index (χ1v) is 5.54. The number of nitrogens with one attached hydrogen (secondary N) is 1. The number of anilines is 1. The minimum absolute atomic E-state index is 0.0574. The highest BCUT2D eigenvalue weighted by atomic mass is 16.6. The van der Waals surface area contributed by atoms with Crippen molar-refractivity contribution in [3.8, 4) is 0 Å². The van der Waals surface area contributed by atoms with Gasteiger partial charge >= 0.3 is 0 Å². The van der Waals surface area contributed by atoms with Crippen LogP contribution in [-0.2, 0) is 0 Å². The number of hydrogen-bond acceptors (Lipinski definition) is 4. The predicted molar refractivity (Wildman–Crippen MR) is 65.0 cm³/mol. The third-order valence-corrected chi connectivity index (χ3v) is 2.88. The molecule has 3 rings (SSSR count). The van der Waals surface area contributed by atoms with Crippen LogP contribution in [0.5, 0.6) is 0 Å². The summed E-state index contributed by atoms with van der Waals surface area (Å²) >= 11 is 0. The quantitative estimate of drug-likeness (QED) is 0.649. The van der Waals surface area contributed by atoms with Crippen LogP contribution >= 0.6 is 0 Å². The zero-order chi connectivity index (χ0) is 11.8. The molecule has 1 N–H and O–H groups in total. The first-order valence-electron chi connectivity index (χ1n) is 5.54. The molecule has 0 radical (unpaired) electrons. The van der Waals surface area contributed by atoms with Gasteiger partial charge in [0.2, 0.25) is 0 Å². The SMILES string of the molecule is O=[N+]([O-])c1cccc2c(NC3CC3)ccnc12. The summed E-state index contributed by atoms with van der Waals surface area (Å²) in [7, 11) is 0. The van der Waals surface area contributed by atoms with Crippen molar-refractivity contribution < 1.29 is 4.92 Å². The highest BCUT2D eigenvalue weighted by Crippen LogP contribution is 2.32. The van der Waals surface area contributed by atoms with Crippen LogP contribution in [0, 0.1) is 10.1 Å². The molecule has 86 valence electrons. The van der Waals surface area contributed by atoms with E-state index in [2.05, 4.69) is 10.3 Å². The Morgan fingerprint density at radius 3 is 2.88 bits per heavy atom. The monoisotopic (exact) mass is 229 g/mol. The lowest BCUT2D eigenvalue weighted by Crippen LogP contribution is -2.02. The van der Waals surface area contributed by atoms with Crippen molar-refractivity contribution in [1.29, 1.82) is 0 Å². The fourth-order valence-electron chi connectivity index (χ4n) is 1.88. The summed E-state index contributed by atoms with van der Waals surface area (Å²) in [5, 5.41) is 15.1. The number of non-ortho nitro benzene ring substituents is 1.